The van der Waals surface area contributed by atoms with Gasteiger partial charge in [0, 0.05) is 21.7 Å². The Kier molecular flexibility index (Phi) is 5.27. The van der Waals surface area contributed by atoms with Crippen LogP contribution in [0.3, 0.4) is 0 Å². The molecule has 2 aromatic rings. The van der Waals surface area contributed by atoms with Crippen LogP contribution in [0, 0.1) is 0 Å². The Morgan fingerprint density at radius 3 is 2.67 bits per heavy atom. The van der Waals surface area contributed by atoms with Crippen molar-refractivity contribution >= 4 is 43.2 Å². The molecule has 0 bridgehead atoms. The van der Waals surface area contributed by atoms with Gasteiger partial charge in [0.2, 0.25) is 10.0 Å². The predicted molar refractivity (Wildman–Crippen MR) is 89.2 cm³/mol. The molecule has 0 unspecified atom stereocenters. The first-order valence-corrected chi connectivity index (χ1v) is 8.79. The Balaban J connectivity index is 2.18. The second-order valence-corrected chi connectivity index (χ2v) is 7.53. The van der Waals surface area contributed by atoms with Gasteiger partial charge in [-0.05, 0) is 49.0 Å². The summed E-state index contributed by atoms with van der Waals surface area (Å²) < 4.78 is 26.8. The Hall–Kier alpha value is -1.08. The van der Waals surface area contributed by atoms with E-state index in [1.807, 2.05) is 18.2 Å². The van der Waals surface area contributed by atoms with Gasteiger partial charge >= 0.3 is 0 Å². The molecule has 4 nitrogen and oxygen atoms in total. The minimum Gasteiger partial charge on any atom is -0.381 e. The van der Waals surface area contributed by atoms with Crippen LogP contribution < -0.4 is 10.0 Å². The van der Waals surface area contributed by atoms with Crippen LogP contribution in [0.1, 0.15) is 5.56 Å². The Morgan fingerprint density at radius 1 is 1.19 bits per heavy atom. The summed E-state index contributed by atoms with van der Waals surface area (Å²) in [5.41, 5.74) is 1.63. The van der Waals surface area contributed by atoms with Crippen molar-refractivity contribution in [2.45, 2.75) is 11.4 Å². The third kappa shape index (κ3) is 4.20. The van der Waals surface area contributed by atoms with Crippen LogP contribution in [0.2, 0.25) is 5.02 Å². The van der Waals surface area contributed by atoms with Crippen molar-refractivity contribution in [1.82, 2.24) is 4.72 Å². The fourth-order valence-electron chi connectivity index (χ4n) is 1.77. The summed E-state index contributed by atoms with van der Waals surface area (Å²) in [6.07, 6.45) is 0. The first-order valence-electron chi connectivity index (χ1n) is 6.14. The first kappa shape index (κ1) is 16.3. The maximum absolute atomic E-state index is 11.8. The lowest BCUT2D eigenvalue weighted by atomic mass is 10.2. The number of anilines is 1. The molecule has 0 fully saturated rings. The van der Waals surface area contributed by atoms with Crippen LogP contribution in [0.5, 0.6) is 0 Å². The molecule has 0 amide bonds. The molecule has 0 atom stereocenters. The number of sulfonamides is 1. The zero-order valence-electron chi connectivity index (χ0n) is 11.2. The predicted octanol–water partition coefficient (Wildman–Crippen LogP) is 3.62. The zero-order valence-corrected chi connectivity index (χ0v) is 14.4. The van der Waals surface area contributed by atoms with Crippen LogP contribution >= 0.6 is 27.5 Å². The molecule has 2 rings (SSSR count). The molecule has 2 aromatic carbocycles. The molecule has 0 aliphatic heterocycles. The van der Waals surface area contributed by atoms with E-state index in [1.165, 1.54) is 7.05 Å². The second kappa shape index (κ2) is 6.79. The standard InChI is InChI=1S/C14H14BrClN2O2S/c1-17-21(19,20)13-4-2-3-12(8-13)18-9-10-7-11(15)5-6-14(10)16/h2-8,17-18H,9H2,1H3. The van der Waals surface area contributed by atoms with Crippen molar-refractivity contribution in [3.05, 3.63) is 57.5 Å². The van der Waals surface area contributed by atoms with E-state index in [2.05, 4.69) is 26.0 Å². The molecule has 7 heteroatoms. The number of hydrogen-bond donors (Lipinski definition) is 2. The van der Waals surface area contributed by atoms with Gasteiger partial charge in [0.05, 0.1) is 4.90 Å². The van der Waals surface area contributed by atoms with Gasteiger partial charge in [-0.15, -0.1) is 0 Å². The lowest BCUT2D eigenvalue weighted by Gasteiger charge is -2.10. The van der Waals surface area contributed by atoms with E-state index in [-0.39, 0.29) is 4.90 Å². The van der Waals surface area contributed by atoms with Gasteiger partial charge in [0.1, 0.15) is 0 Å². The normalized spacial score (nSPS) is 11.4. The highest BCUT2D eigenvalue weighted by Gasteiger charge is 2.11. The van der Waals surface area contributed by atoms with Crippen molar-refractivity contribution in [2.75, 3.05) is 12.4 Å². The monoisotopic (exact) mass is 388 g/mol. The number of rotatable bonds is 5. The quantitative estimate of drug-likeness (QED) is 0.821. The Morgan fingerprint density at radius 2 is 1.95 bits per heavy atom. The van der Waals surface area contributed by atoms with E-state index in [0.717, 1.165) is 10.0 Å². The van der Waals surface area contributed by atoms with E-state index < -0.39 is 10.0 Å². The molecule has 0 saturated heterocycles. The molecule has 21 heavy (non-hydrogen) atoms. The van der Waals surface area contributed by atoms with Crippen molar-refractivity contribution in [3.8, 4) is 0 Å². The maximum atomic E-state index is 11.8. The van der Waals surface area contributed by atoms with E-state index in [4.69, 9.17) is 11.6 Å². The Labute approximate surface area is 137 Å². The average molecular weight is 390 g/mol. The summed E-state index contributed by atoms with van der Waals surface area (Å²) in [7, 11) is -2.06. The summed E-state index contributed by atoms with van der Waals surface area (Å²) in [6, 6.07) is 12.2. The highest BCUT2D eigenvalue weighted by molar-refractivity contribution is 9.10. The summed E-state index contributed by atoms with van der Waals surface area (Å²) in [5.74, 6) is 0. The molecule has 0 radical (unpaired) electrons. The SMILES string of the molecule is CNS(=O)(=O)c1cccc(NCc2cc(Br)ccc2Cl)c1. The van der Waals surface area contributed by atoms with E-state index in [9.17, 15) is 8.42 Å². The summed E-state index contributed by atoms with van der Waals surface area (Å²) in [4.78, 5) is 0.218. The molecule has 0 aliphatic carbocycles. The molecular formula is C14H14BrClN2O2S. The summed E-state index contributed by atoms with van der Waals surface area (Å²) in [6.45, 7) is 0.501. The third-order valence-electron chi connectivity index (χ3n) is 2.90. The van der Waals surface area contributed by atoms with E-state index >= 15 is 0 Å². The average Bonchev–Trinajstić information content (AvgIpc) is 2.48. The lowest BCUT2D eigenvalue weighted by Crippen LogP contribution is -2.18. The van der Waals surface area contributed by atoms with Crippen LogP contribution in [0.25, 0.3) is 0 Å². The van der Waals surface area contributed by atoms with Gasteiger partial charge < -0.3 is 5.32 Å². The Bertz CT molecular complexity index is 750. The fourth-order valence-corrected chi connectivity index (χ4v) is 3.14. The van der Waals surface area contributed by atoms with Gasteiger partial charge in [0.15, 0.2) is 0 Å². The largest absolute Gasteiger partial charge is 0.381 e. The number of hydrogen-bond acceptors (Lipinski definition) is 3. The number of benzene rings is 2. The lowest BCUT2D eigenvalue weighted by molar-refractivity contribution is 0.588. The van der Waals surface area contributed by atoms with Gasteiger partial charge in [-0.25, -0.2) is 13.1 Å². The molecule has 0 aromatic heterocycles. The number of nitrogens with one attached hydrogen (secondary N) is 2. The highest BCUT2D eigenvalue weighted by atomic mass is 79.9. The van der Waals surface area contributed by atoms with Gasteiger partial charge in [-0.1, -0.05) is 33.6 Å². The second-order valence-electron chi connectivity index (χ2n) is 4.32. The minimum absolute atomic E-state index is 0.218. The van der Waals surface area contributed by atoms with Crippen LogP contribution in [0.15, 0.2) is 51.8 Å². The van der Waals surface area contributed by atoms with Crippen LogP contribution in [-0.4, -0.2) is 15.5 Å². The summed E-state index contributed by atoms with van der Waals surface area (Å²) in [5, 5.41) is 3.83. The molecule has 0 spiro atoms. The van der Waals surface area contributed by atoms with Crippen molar-refractivity contribution in [3.63, 3.8) is 0 Å². The van der Waals surface area contributed by atoms with Crippen molar-refractivity contribution in [1.29, 1.82) is 0 Å². The van der Waals surface area contributed by atoms with Gasteiger partial charge in [0.25, 0.3) is 0 Å². The zero-order chi connectivity index (χ0) is 15.5. The molecule has 2 N–H and O–H groups in total. The molecule has 0 heterocycles. The van der Waals surface area contributed by atoms with Crippen LogP contribution in [0.4, 0.5) is 5.69 Å². The fraction of sp³-hybridized carbons (Fsp3) is 0.143. The maximum Gasteiger partial charge on any atom is 0.240 e. The molecule has 0 saturated carbocycles. The van der Waals surface area contributed by atoms with E-state index in [1.54, 1.807) is 24.3 Å². The van der Waals surface area contributed by atoms with Gasteiger partial charge in [-0.3, -0.25) is 0 Å². The highest BCUT2D eigenvalue weighted by Crippen LogP contribution is 2.22. The molecule has 0 aliphatic rings. The topological polar surface area (TPSA) is 58.2 Å². The molecular weight excluding hydrogens is 376 g/mol. The number of halogens is 2. The summed E-state index contributed by atoms with van der Waals surface area (Å²) >= 11 is 9.52. The minimum atomic E-state index is -3.44. The smallest absolute Gasteiger partial charge is 0.240 e. The van der Waals surface area contributed by atoms with Crippen molar-refractivity contribution in [2.24, 2.45) is 0 Å². The van der Waals surface area contributed by atoms with Gasteiger partial charge in [-0.2, -0.15) is 0 Å². The first-order chi connectivity index (χ1) is 9.92. The van der Waals surface area contributed by atoms with Crippen molar-refractivity contribution < 1.29 is 8.42 Å². The molecule has 112 valence electrons. The van der Waals surface area contributed by atoms with Crippen LogP contribution in [-0.2, 0) is 16.6 Å². The van der Waals surface area contributed by atoms with E-state index in [0.29, 0.717) is 17.3 Å². The third-order valence-corrected chi connectivity index (χ3v) is 5.18.